The lowest BCUT2D eigenvalue weighted by atomic mass is 10.2. The summed E-state index contributed by atoms with van der Waals surface area (Å²) < 4.78 is 13.8. The van der Waals surface area contributed by atoms with Crippen LogP contribution in [0.2, 0.25) is 5.02 Å². The van der Waals surface area contributed by atoms with Crippen molar-refractivity contribution in [2.24, 2.45) is 0 Å². The van der Waals surface area contributed by atoms with Crippen LogP contribution in [0, 0.1) is 5.82 Å². The van der Waals surface area contributed by atoms with Crippen LogP contribution in [0.3, 0.4) is 0 Å². The first-order valence-corrected chi connectivity index (χ1v) is 4.95. The van der Waals surface area contributed by atoms with E-state index in [1.54, 1.807) is 0 Å². The summed E-state index contributed by atoms with van der Waals surface area (Å²) in [5, 5.41) is 2.78. The molecular formula is C8H4ClFS2. The van der Waals surface area contributed by atoms with Gasteiger partial charge in [-0.3, -0.25) is 0 Å². The van der Waals surface area contributed by atoms with Gasteiger partial charge in [-0.1, -0.05) is 11.6 Å². The molecule has 4 heteroatoms. The lowest BCUT2D eigenvalue weighted by Crippen LogP contribution is -1.77. The Labute approximate surface area is 83.4 Å². The molecule has 0 fully saturated rings. The van der Waals surface area contributed by atoms with Gasteiger partial charge in [0.1, 0.15) is 0 Å². The standard InChI is InChI=1S/C8H4ClFS2/c9-5-3-6(11)4-1-2-12-8(4)7(5)10/h1-3,11H. The predicted molar refractivity (Wildman–Crippen MR) is 54.0 cm³/mol. The van der Waals surface area contributed by atoms with Crippen molar-refractivity contribution in [1.29, 1.82) is 0 Å². The highest BCUT2D eigenvalue weighted by atomic mass is 35.5. The predicted octanol–water partition coefficient (Wildman–Crippen LogP) is 3.98. The van der Waals surface area contributed by atoms with E-state index in [1.807, 2.05) is 11.4 Å². The van der Waals surface area contributed by atoms with Crippen LogP contribution < -0.4 is 0 Å². The second kappa shape index (κ2) is 2.91. The Morgan fingerprint density at radius 2 is 2.25 bits per heavy atom. The van der Waals surface area contributed by atoms with Crippen LogP contribution in [0.1, 0.15) is 0 Å². The lowest BCUT2D eigenvalue weighted by molar-refractivity contribution is 0.641. The van der Waals surface area contributed by atoms with E-state index in [0.717, 1.165) is 10.3 Å². The van der Waals surface area contributed by atoms with Gasteiger partial charge < -0.3 is 0 Å². The summed E-state index contributed by atoms with van der Waals surface area (Å²) in [5.74, 6) is -0.348. The van der Waals surface area contributed by atoms with E-state index >= 15 is 0 Å². The van der Waals surface area contributed by atoms with Crippen molar-refractivity contribution in [3.05, 3.63) is 28.4 Å². The molecule has 0 aliphatic rings. The van der Waals surface area contributed by atoms with Gasteiger partial charge in [-0.2, -0.15) is 0 Å². The van der Waals surface area contributed by atoms with Crippen LogP contribution in [0.4, 0.5) is 4.39 Å². The first-order chi connectivity index (χ1) is 5.70. The monoisotopic (exact) mass is 218 g/mol. The van der Waals surface area contributed by atoms with Gasteiger partial charge in [0.2, 0.25) is 0 Å². The maximum Gasteiger partial charge on any atom is 0.159 e. The smallest absolute Gasteiger partial charge is 0.159 e. The van der Waals surface area contributed by atoms with Gasteiger partial charge in [-0.25, -0.2) is 4.39 Å². The Bertz CT molecular complexity index is 436. The van der Waals surface area contributed by atoms with Crippen molar-refractivity contribution in [2.45, 2.75) is 4.90 Å². The quantitative estimate of drug-likeness (QED) is 0.636. The average Bonchev–Trinajstić information content (AvgIpc) is 2.48. The normalized spacial score (nSPS) is 10.9. The SMILES string of the molecule is Fc1c(Cl)cc(S)c2ccsc12. The molecule has 0 radical (unpaired) electrons. The molecule has 1 aromatic carbocycles. The molecule has 0 N–H and O–H groups in total. The summed E-state index contributed by atoms with van der Waals surface area (Å²) in [5.41, 5.74) is 0. The number of hydrogen-bond donors (Lipinski definition) is 1. The molecule has 0 unspecified atom stereocenters. The number of thiol groups is 1. The summed E-state index contributed by atoms with van der Waals surface area (Å²) in [6.07, 6.45) is 0. The number of rotatable bonds is 0. The van der Waals surface area contributed by atoms with Crippen molar-refractivity contribution < 1.29 is 4.39 Å². The molecule has 0 amide bonds. The van der Waals surface area contributed by atoms with Gasteiger partial charge in [0.05, 0.1) is 9.72 Å². The maximum absolute atomic E-state index is 13.3. The van der Waals surface area contributed by atoms with E-state index in [2.05, 4.69) is 12.6 Å². The first kappa shape index (κ1) is 8.35. The fourth-order valence-electron chi connectivity index (χ4n) is 1.05. The van der Waals surface area contributed by atoms with Gasteiger partial charge in [0, 0.05) is 10.3 Å². The van der Waals surface area contributed by atoms with E-state index in [9.17, 15) is 4.39 Å². The van der Waals surface area contributed by atoms with Crippen LogP contribution in [-0.4, -0.2) is 0 Å². The molecule has 12 heavy (non-hydrogen) atoms. The summed E-state index contributed by atoms with van der Waals surface area (Å²) in [6, 6.07) is 3.36. The third-order valence-electron chi connectivity index (χ3n) is 1.61. The van der Waals surface area contributed by atoms with E-state index in [-0.39, 0.29) is 10.8 Å². The third kappa shape index (κ3) is 1.13. The fraction of sp³-hybridized carbons (Fsp3) is 0. The molecule has 2 rings (SSSR count). The van der Waals surface area contributed by atoms with E-state index in [4.69, 9.17) is 11.6 Å². The first-order valence-electron chi connectivity index (χ1n) is 3.24. The molecule has 1 aromatic heterocycles. The van der Waals surface area contributed by atoms with E-state index in [0.29, 0.717) is 4.70 Å². The third-order valence-corrected chi connectivity index (χ3v) is 3.17. The van der Waals surface area contributed by atoms with Crippen molar-refractivity contribution in [1.82, 2.24) is 0 Å². The van der Waals surface area contributed by atoms with Crippen LogP contribution in [0.5, 0.6) is 0 Å². The molecule has 0 nitrogen and oxygen atoms in total. The van der Waals surface area contributed by atoms with Gasteiger partial charge in [-0.05, 0) is 17.5 Å². The Morgan fingerprint density at radius 1 is 1.50 bits per heavy atom. The molecule has 0 saturated carbocycles. The summed E-state index contributed by atoms with van der Waals surface area (Å²) in [4.78, 5) is 0.720. The zero-order valence-corrected chi connectivity index (χ0v) is 8.31. The highest BCUT2D eigenvalue weighted by Gasteiger charge is 2.09. The van der Waals surface area contributed by atoms with Crippen LogP contribution >= 0.6 is 35.6 Å². The van der Waals surface area contributed by atoms with Crippen molar-refractivity contribution in [3.63, 3.8) is 0 Å². The minimum absolute atomic E-state index is 0.134. The van der Waals surface area contributed by atoms with Gasteiger partial charge in [0.15, 0.2) is 5.82 Å². The highest BCUT2D eigenvalue weighted by molar-refractivity contribution is 7.80. The largest absolute Gasteiger partial charge is 0.204 e. The molecular weight excluding hydrogens is 215 g/mol. The second-order valence-corrected chi connectivity index (χ2v) is 4.16. The lowest BCUT2D eigenvalue weighted by Gasteiger charge is -1.98. The molecule has 0 spiro atoms. The summed E-state index contributed by atoms with van der Waals surface area (Å²) >= 11 is 11.2. The Morgan fingerprint density at radius 3 is 3.00 bits per heavy atom. The van der Waals surface area contributed by atoms with Crippen LogP contribution in [0.25, 0.3) is 10.1 Å². The van der Waals surface area contributed by atoms with Crippen LogP contribution in [0.15, 0.2) is 22.4 Å². The minimum atomic E-state index is -0.348. The van der Waals surface area contributed by atoms with E-state index < -0.39 is 0 Å². The van der Waals surface area contributed by atoms with Crippen molar-refractivity contribution in [3.8, 4) is 0 Å². The second-order valence-electron chi connectivity index (χ2n) is 2.35. The molecule has 0 aliphatic heterocycles. The van der Waals surface area contributed by atoms with Crippen molar-refractivity contribution >= 4 is 45.7 Å². The fourth-order valence-corrected chi connectivity index (χ4v) is 2.64. The van der Waals surface area contributed by atoms with Gasteiger partial charge >= 0.3 is 0 Å². The van der Waals surface area contributed by atoms with Crippen molar-refractivity contribution in [2.75, 3.05) is 0 Å². The molecule has 0 aliphatic carbocycles. The highest BCUT2D eigenvalue weighted by Crippen LogP contribution is 2.33. The molecule has 0 saturated heterocycles. The molecule has 1 heterocycles. The molecule has 2 aromatic rings. The number of benzene rings is 1. The van der Waals surface area contributed by atoms with E-state index in [1.165, 1.54) is 17.4 Å². The van der Waals surface area contributed by atoms with Crippen LogP contribution in [-0.2, 0) is 0 Å². The molecule has 62 valence electrons. The number of fused-ring (bicyclic) bond motifs is 1. The number of thiophene rings is 1. The minimum Gasteiger partial charge on any atom is -0.204 e. The molecule has 0 atom stereocenters. The number of hydrogen-bond acceptors (Lipinski definition) is 2. The zero-order chi connectivity index (χ0) is 8.72. The average molecular weight is 219 g/mol. The maximum atomic E-state index is 13.3. The zero-order valence-electron chi connectivity index (χ0n) is 5.84. The Hall–Kier alpha value is -0.250. The van der Waals surface area contributed by atoms with Gasteiger partial charge in [0.25, 0.3) is 0 Å². The summed E-state index contributed by atoms with van der Waals surface area (Å²) in [7, 11) is 0. The van der Waals surface area contributed by atoms with Gasteiger partial charge in [-0.15, -0.1) is 24.0 Å². The topological polar surface area (TPSA) is 0 Å². The Balaban J connectivity index is 2.97. The number of halogens is 2. The summed E-state index contributed by atoms with van der Waals surface area (Å²) in [6.45, 7) is 0. The molecule has 0 bridgehead atoms. The Kier molecular flexibility index (Phi) is 2.02.